The Kier molecular flexibility index (Phi) is 3.34. The van der Waals surface area contributed by atoms with E-state index in [2.05, 4.69) is 32.7 Å². The van der Waals surface area contributed by atoms with Crippen LogP contribution in [0, 0.1) is 0 Å². The maximum Gasteiger partial charge on any atom is 0.133 e. The minimum absolute atomic E-state index is 0.508. The van der Waals surface area contributed by atoms with Gasteiger partial charge in [-0.1, -0.05) is 0 Å². The zero-order chi connectivity index (χ0) is 11.8. The summed E-state index contributed by atoms with van der Waals surface area (Å²) in [7, 11) is 2.04. The maximum absolute atomic E-state index is 4.80. The van der Waals surface area contributed by atoms with Crippen LogP contribution in [0.5, 0.6) is 0 Å². The summed E-state index contributed by atoms with van der Waals surface area (Å²) < 4.78 is 1.15. The Morgan fingerprint density at radius 2 is 2.41 bits per heavy atom. The highest BCUT2D eigenvalue weighted by Crippen LogP contribution is 2.40. The number of thiazole rings is 1. The van der Waals surface area contributed by atoms with Crippen LogP contribution < -0.4 is 5.32 Å². The lowest BCUT2D eigenvalue weighted by Gasteiger charge is -2.19. The second-order valence-electron chi connectivity index (χ2n) is 4.19. The third-order valence-electron chi connectivity index (χ3n) is 3.08. The summed E-state index contributed by atoms with van der Waals surface area (Å²) in [5.74, 6) is 0. The van der Waals surface area contributed by atoms with E-state index in [4.69, 9.17) is 4.98 Å². The smallest absolute Gasteiger partial charge is 0.133 e. The summed E-state index contributed by atoms with van der Waals surface area (Å²) in [4.78, 5) is 7.51. The molecular weight excluding hydrogens is 316 g/mol. The van der Waals surface area contributed by atoms with Gasteiger partial charge in [0.25, 0.3) is 0 Å². The molecule has 5 heteroatoms. The first kappa shape index (κ1) is 11.8. The Balaban J connectivity index is 2.01. The van der Waals surface area contributed by atoms with Gasteiger partial charge in [-0.25, -0.2) is 4.98 Å². The Hall–Kier alpha value is -0.230. The van der Waals surface area contributed by atoms with E-state index < -0.39 is 0 Å². The normalized spacial score (nSPS) is 19.3. The zero-order valence-corrected chi connectivity index (χ0v) is 12.7. The summed E-state index contributed by atoms with van der Waals surface area (Å²) in [6.45, 7) is 0. The molecule has 0 amide bonds. The number of halogens is 1. The first-order valence-electron chi connectivity index (χ1n) is 5.69. The Morgan fingerprint density at radius 3 is 3.12 bits per heavy atom. The van der Waals surface area contributed by atoms with Gasteiger partial charge in [-0.3, -0.25) is 0 Å². The van der Waals surface area contributed by atoms with Crippen molar-refractivity contribution in [2.45, 2.75) is 25.3 Å². The molecule has 1 atom stereocenters. The lowest BCUT2D eigenvalue weighted by molar-refractivity contribution is 0.501. The molecule has 0 spiro atoms. The number of thiophene rings is 1. The van der Waals surface area contributed by atoms with Gasteiger partial charge in [-0.05, 0) is 48.3 Å². The van der Waals surface area contributed by atoms with Gasteiger partial charge in [0.05, 0.1) is 10.6 Å². The van der Waals surface area contributed by atoms with Gasteiger partial charge in [-0.15, -0.1) is 22.7 Å². The third kappa shape index (κ3) is 2.21. The summed E-state index contributed by atoms with van der Waals surface area (Å²) in [5.41, 5.74) is 1.31. The number of aromatic nitrogens is 1. The lowest BCUT2D eigenvalue weighted by Crippen LogP contribution is -2.19. The highest BCUT2D eigenvalue weighted by molar-refractivity contribution is 9.10. The minimum atomic E-state index is 0.508. The monoisotopic (exact) mass is 328 g/mol. The van der Waals surface area contributed by atoms with Crippen molar-refractivity contribution < 1.29 is 0 Å². The van der Waals surface area contributed by atoms with Crippen LogP contribution in [0.2, 0.25) is 0 Å². The fourth-order valence-corrected chi connectivity index (χ4v) is 4.97. The van der Waals surface area contributed by atoms with Crippen molar-refractivity contribution in [1.29, 1.82) is 0 Å². The number of nitrogens with one attached hydrogen (secondary N) is 1. The summed E-state index contributed by atoms with van der Waals surface area (Å²) in [6.07, 6.45) is 3.62. The van der Waals surface area contributed by atoms with E-state index in [-0.39, 0.29) is 0 Å². The molecule has 1 N–H and O–H groups in total. The molecule has 1 aliphatic rings. The Morgan fingerprint density at radius 1 is 1.53 bits per heavy atom. The van der Waals surface area contributed by atoms with Crippen molar-refractivity contribution in [3.8, 4) is 9.88 Å². The summed E-state index contributed by atoms with van der Waals surface area (Å²) in [5, 5.41) is 6.68. The van der Waals surface area contributed by atoms with Crippen LogP contribution >= 0.6 is 38.6 Å². The molecule has 2 heterocycles. The molecule has 0 aliphatic heterocycles. The molecule has 0 saturated heterocycles. The number of fused-ring (bicyclic) bond motifs is 1. The van der Waals surface area contributed by atoms with E-state index in [0.29, 0.717) is 6.04 Å². The van der Waals surface area contributed by atoms with E-state index in [9.17, 15) is 0 Å². The molecule has 0 aromatic carbocycles. The molecule has 2 aromatic rings. The molecule has 1 unspecified atom stereocenters. The number of nitrogens with zero attached hydrogens (tertiary/aromatic N) is 1. The summed E-state index contributed by atoms with van der Waals surface area (Å²) in [6, 6.07) is 2.66. The average Bonchev–Trinajstić information content (AvgIpc) is 2.93. The van der Waals surface area contributed by atoms with Crippen LogP contribution in [0.3, 0.4) is 0 Å². The zero-order valence-electron chi connectivity index (χ0n) is 9.50. The predicted molar refractivity (Wildman–Crippen MR) is 77.9 cm³/mol. The van der Waals surface area contributed by atoms with Crippen LogP contribution in [0.15, 0.2) is 15.9 Å². The number of hydrogen-bond acceptors (Lipinski definition) is 4. The van der Waals surface area contributed by atoms with E-state index in [0.717, 1.165) is 10.9 Å². The molecule has 90 valence electrons. The topological polar surface area (TPSA) is 24.9 Å². The standard InChI is InChI=1S/C12H13BrN2S2/c1-14-8-3-2-4-9-11(8)17-12(15-9)10-5-7(13)6-16-10/h5-6,8,14H,2-4H2,1H3. The molecule has 0 bridgehead atoms. The lowest BCUT2D eigenvalue weighted by atomic mass is 9.98. The number of rotatable bonds is 2. The van der Waals surface area contributed by atoms with Gasteiger partial charge >= 0.3 is 0 Å². The minimum Gasteiger partial charge on any atom is -0.312 e. The van der Waals surface area contributed by atoms with Crippen molar-refractivity contribution in [2.75, 3.05) is 7.05 Å². The molecule has 0 radical (unpaired) electrons. The quantitative estimate of drug-likeness (QED) is 0.892. The predicted octanol–water partition coefficient (Wildman–Crippen LogP) is 4.23. The average molecular weight is 329 g/mol. The van der Waals surface area contributed by atoms with Crippen molar-refractivity contribution >= 4 is 38.6 Å². The highest BCUT2D eigenvalue weighted by atomic mass is 79.9. The Labute approximate surface area is 117 Å². The molecular formula is C12H13BrN2S2. The molecule has 1 aliphatic carbocycles. The van der Waals surface area contributed by atoms with Crippen LogP contribution in [0.4, 0.5) is 0 Å². The van der Waals surface area contributed by atoms with Crippen molar-refractivity contribution in [3.63, 3.8) is 0 Å². The van der Waals surface area contributed by atoms with Gasteiger partial charge in [0, 0.05) is 20.8 Å². The first-order valence-corrected chi connectivity index (χ1v) is 8.18. The van der Waals surface area contributed by atoms with Crippen molar-refractivity contribution in [2.24, 2.45) is 0 Å². The summed E-state index contributed by atoms with van der Waals surface area (Å²) >= 11 is 7.11. The second-order valence-corrected chi connectivity index (χ2v) is 7.05. The largest absolute Gasteiger partial charge is 0.312 e. The van der Waals surface area contributed by atoms with E-state index >= 15 is 0 Å². The van der Waals surface area contributed by atoms with E-state index in [1.165, 1.54) is 33.3 Å². The maximum atomic E-state index is 4.80. The molecule has 0 fully saturated rings. The van der Waals surface area contributed by atoms with Gasteiger partial charge in [-0.2, -0.15) is 0 Å². The molecule has 2 nitrogen and oxygen atoms in total. The van der Waals surface area contributed by atoms with Crippen molar-refractivity contribution in [1.82, 2.24) is 10.3 Å². The van der Waals surface area contributed by atoms with Crippen LogP contribution in [0.1, 0.15) is 29.5 Å². The highest BCUT2D eigenvalue weighted by Gasteiger charge is 2.23. The van der Waals surface area contributed by atoms with E-state index in [1.54, 1.807) is 11.3 Å². The molecule has 3 rings (SSSR count). The van der Waals surface area contributed by atoms with Crippen molar-refractivity contribution in [3.05, 3.63) is 26.5 Å². The second kappa shape index (κ2) is 4.80. The molecule has 17 heavy (non-hydrogen) atoms. The van der Waals surface area contributed by atoms with Crippen LogP contribution in [-0.4, -0.2) is 12.0 Å². The van der Waals surface area contributed by atoms with E-state index in [1.807, 2.05) is 18.4 Å². The van der Waals surface area contributed by atoms with Gasteiger partial charge in [0.15, 0.2) is 0 Å². The van der Waals surface area contributed by atoms with Gasteiger partial charge in [0.2, 0.25) is 0 Å². The number of aryl methyl sites for hydroxylation is 1. The fraction of sp³-hybridized carbons (Fsp3) is 0.417. The molecule has 0 saturated carbocycles. The van der Waals surface area contributed by atoms with Crippen LogP contribution in [-0.2, 0) is 6.42 Å². The fourth-order valence-electron chi connectivity index (χ4n) is 2.23. The SMILES string of the molecule is CNC1CCCc2nc(-c3cc(Br)cs3)sc21. The van der Waals surface area contributed by atoms with Crippen LogP contribution in [0.25, 0.3) is 9.88 Å². The molecule has 2 aromatic heterocycles. The van der Waals surface area contributed by atoms with Gasteiger partial charge in [0.1, 0.15) is 5.01 Å². The third-order valence-corrected chi connectivity index (χ3v) is 6.15. The Bertz CT molecular complexity index is 532. The number of hydrogen-bond donors (Lipinski definition) is 1. The first-order chi connectivity index (χ1) is 8.28. The van der Waals surface area contributed by atoms with Gasteiger partial charge < -0.3 is 5.32 Å².